The third-order valence-corrected chi connectivity index (χ3v) is 3.91. The lowest BCUT2D eigenvalue weighted by atomic mass is 10.0. The summed E-state index contributed by atoms with van der Waals surface area (Å²) >= 11 is 0. The zero-order valence-corrected chi connectivity index (χ0v) is 21.8. The quantitative estimate of drug-likeness (QED) is 0.285. The van der Waals surface area contributed by atoms with Crippen LogP contribution in [0.25, 0.3) is 5.57 Å². The third-order valence-electron chi connectivity index (χ3n) is 3.91. The van der Waals surface area contributed by atoms with E-state index in [1.807, 2.05) is 85.0 Å². The molecule has 0 aliphatic carbocycles. The Hall–Kier alpha value is -3.13. The van der Waals surface area contributed by atoms with Crippen molar-refractivity contribution in [2.45, 2.75) is 54.9 Å². The van der Waals surface area contributed by atoms with Crippen molar-refractivity contribution in [1.82, 2.24) is 0 Å². The normalized spacial score (nSPS) is 10.1. The molecule has 0 atom stereocenters. The van der Waals surface area contributed by atoms with Crippen LogP contribution >= 0.6 is 0 Å². The zero-order chi connectivity index (χ0) is 25.4. The van der Waals surface area contributed by atoms with E-state index in [9.17, 15) is 0 Å². The summed E-state index contributed by atoms with van der Waals surface area (Å²) in [5, 5.41) is 0. The van der Waals surface area contributed by atoms with Crippen molar-refractivity contribution in [2.75, 3.05) is 7.05 Å². The van der Waals surface area contributed by atoms with Gasteiger partial charge in [0.05, 0.1) is 0 Å². The van der Waals surface area contributed by atoms with Gasteiger partial charge in [0.2, 0.25) is 0 Å². The van der Waals surface area contributed by atoms with E-state index in [0.717, 1.165) is 17.7 Å². The maximum absolute atomic E-state index is 5.61. The van der Waals surface area contributed by atoms with Gasteiger partial charge < -0.3 is 5.73 Å². The van der Waals surface area contributed by atoms with Crippen molar-refractivity contribution in [2.24, 2.45) is 10.7 Å². The Labute approximate surface area is 199 Å². The van der Waals surface area contributed by atoms with E-state index in [0.29, 0.717) is 5.70 Å². The topological polar surface area (TPSA) is 38.4 Å². The van der Waals surface area contributed by atoms with Crippen LogP contribution in [0.4, 0.5) is 0 Å². The summed E-state index contributed by atoms with van der Waals surface area (Å²) in [5.74, 6) is 0. The average molecular weight is 435 g/mol. The molecule has 32 heavy (non-hydrogen) atoms. The molecule has 0 saturated carbocycles. The second kappa shape index (κ2) is 24.1. The Morgan fingerprint density at radius 2 is 1.41 bits per heavy atom. The van der Waals surface area contributed by atoms with E-state index in [1.54, 1.807) is 0 Å². The fourth-order valence-corrected chi connectivity index (χ4v) is 2.35. The van der Waals surface area contributed by atoms with Gasteiger partial charge in [-0.15, -0.1) is 13.2 Å². The number of allylic oxidation sites excluding steroid dienone is 4. The molecule has 2 aromatic carbocycles. The summed E-state index contributed by atoms with van der Waals surface area (Å²) in [6.45, 7) is 23.9. The van der Waals surface area contributed by atoms with Gasteiger partial charge in [-0.3, -0.25) is 4.99 Å². The van der Waals surface area contributed by atoms with Gasteiger partial charge in [0.1, 0.15) is 0 Å². The van der Waals surface area contributed by atoms with Gasteiger partial charge in [-0.2, -0.15) is 0 Å². The number of rotatable bonds is 5. The molecule has 0 aliphatic rings. The van der Waals surface area contributed by atoms with Gasteiger partial charge in [-0.1, -0.05) is 108 Å². The minimum absolute atomic E-state index is 0.577. The predicted molar refractivity (Wildman–Crippen MR) is 150 cm³/mol. The van der Waals surface area contributed by atoms with Crippen LogP contribution in [0.5, 0.6) is 0 Å². The first-order chi connectivity index (χ1) is 15.5. The number of benzene rings is 2. The first-order valence-electron chi connectivity index (χ1n) is 11.4. The van der Waals surface area contributed by atoms with Crippen LogP contribution in [0.3, 0.4) is 0 Å². The predicted octanol–water partition coefficient (Wildman–Crippen LogP) is 8.66. The van der Waals surface area contributed by atoms with Gasteiger partial charge in [0, 0.05) is 18.5 Å². The van der Waals surface area contributed by atoms with Crippen molar-refractivity contribution in [3.05, 3.63) is 115 Å². The summed E-state index contributed by atoms with van der Waals surface area (Å²) in [5.41, 5.74) is 12.1. The lowest BCUT2D eigenvalue weighted by Gasteiger charge is -2.04. The lowest BCUT2D eigenvalue weighted by Crippen LogP contribution is -1.92. The molecule has 176 valence electrons. The van der Waals surface area contributed by atoms with Crippen molar-refractivity contribution in [1.29, 1.82) is 0 Å². The van der Waals surface area contributed by atoms with E-state index in [1.165, 1.54) is 16.7 Å². The Balaban J connectivity index is -0.000000451. The van der Waals surface area contributed by atoms with Gasteiger partial charge in [-0.25, -0.2) is 0 Å². The molecule has 0 saturated heterocycles. The molecular formula is C30H46N2. The molecule has 0 amide bonds. The minimum atomic E-state index is 0.577. The maximum Gasteiger partial charge on any atom is 0.0386 e. The molecule has 0 heterocycles. The van der Waals surface area contributed by atoms with Crippen LogP contribution in [0.2, 0.25) is 0 Å². The number of nitrogens with zero attached hydrogens (tertiary/aromatic N) is 1. The average Bonchev–Trinajstić information content (AvgIpc) is 2.87. The van der Waals surface area contributed by atoms with Gasteiger partial charge in [-0.05, 0) is 48.6 Å². The Bertz CT molecular complexity index is 779. The van der Waals surface area contributed by atoms with Crippen LogP contribution in [0.1, 0.15) is 65.2 Å². The molecule has 2 N–H and O–H groups in total. The van der Waals surface area contributed by atoms with Crippen molar-refractivity contribution >= 4 is 11.3 Å². The largest absolute Gasteiger partial charge is 0.399 e. The lowest BCUT2D eigenvalue weighted by molar-refractivity contribution is 1.14. The van der Waals surface area contributed by atoms with Crippen LogP contribution in [0.15, 0.2) is 103 Å². The van der Waals surface area contributed by atoms with E-state index in [4.69, 9.17) is 5.73 Å². The highest BCUT2D eigenvalue weighted by molar-refractivity contribution is 5.98. The molecule has 2 rings (SSSR count). The molecule has 0 spiro atoms. The monoisotopic (exact) mass is 434 g/mol. The van der Waals surface area contributed by atoms with Crippen molar-refractivity contribution in [3.63, 3.8) is 0 Å². The smallest absolute Gasteiger partial charge is 0.0386 e. The number of aliphatic imine (C=N–C) groups is 1. The summed E-state index contributed by atoms with van der Waals surface area (Å²) in [4.78, 5) is 4.08. The first kappa shape index (κ1) is 33.5. The summed E-state index contributed by atoms with van der Waals surface area (Å²) in [6.07, 6.45) is 7.00. The Morgan fingerprint density at radius 1 is 0.906 bits per heavy atom. The number of nitrogens with two attached hydrogens (primary N) is 1. The summed E-state index contributed by atoms with van der Waals surface area (Å²) in [6, 6.07) is 18.7. The van der Waals surface area contributed by atoms with E-state index in [2.05, 4.69) is 68.1 Å². The number of aryl methyl sites for hydroxylation is 1. The number of hydrogen-bond acceptors (Lipinski definition) is 2. The van der Waals surface area contributed by atoms with Crippen LogP contribution in [-0.2, 0) is 6.42 Å². The standard InChI is InChI=1S/C15H19N.C9H11N.2C2H6.C2H4/c1-4-6-15(11-12(3)16)14-9-7-13(5-2)8-10-14;1-8(10-2)9-6-4-3-5-7-9;3*1-2/h4,6-11H,3,5,16H2,1-2H3;3-7H,1-2H3;2*1-2H3;1-2H2/b6-4-,15-11+;;;;. The Morgan fingerprint density at radius 3 is 1.78 bits per heavy atom. The highest BCUT2D eigenvalue weighted by Crippen LogP contribution is 2.18. The molecule has 0 aliphatic heterocycles. The second-order valence-electron chi connectivity index (χ2n) is 5.90. The van der Waals surface area contributed by atoms with Gasteiger partial charge in [0.25, 0.3) is 0 Å². The summed E-state index contributed by atoms with van der Waals surface area (Å²) < 4.78 is 0. The van der Waals surface area contributed by atoms with E-state index >= 15 is 0 Å². The number of hydrogen-bond donors (Lipinski definition) is 1. The van der Waals surface area contributed by atoms with Gasteiger partial charge in [0.15, 0.2) is 0 Å². The van der Waals surface area contributed by atoms with Crippen LogP contribution in [0, 0.1) is 0 Å². The molecule has 2 heteroatoms. The molecule has 0 bridgehead atoms. The second-order valence-corrected chi connectivity index (χ2v) is 5.90. The summed E-state index contributed by atoms with van der Waals surface area (Å²) in [7, 11) is 1.81. The molecule has 0 radical (unpaired) electrons. The maximum atomic E-state index is 5.61. The van der Waals surface area contributed by atoms with Crippen LogP contribution in [-0.4, -0.2) is 12.8 Å². The zero-order valence-electron chi connectivity index (χ0n) is 21.8. The molecular weight excluding hydrogens is 388 g/mol. The van der Waals surface area contributed by atoms with E-state index < -0.39 is 0 Å². The molecule has 0 aromatic heterocycles. The minimum Gasteiger partial charge on any atom is -0.399 e. The SMILES string of the molecule is C=C.C=C(N)/C=C(\C=C/C)c1ccc(CC)cc1.CC.CC.CN=C(C)c1ccccc1. The molecule has 0 fully saturated rings. The highest BCUT2D eigenvalue weighted by atomic mass is 14.7. The first-order valence-corrected chi connectivity index (χ1v) is 11.4. The van der Waals surface area contributed by atoms with E-state index in [-0.39, 0.29) is 0 Å². The molecule has 0 unspecified atom stereocenters. The molecule has 2 nitrogen and oxygen atoms in total. The van der Waals surface area contributed by atoms with Crippen LogP contribution < -0.4 is 5.73 Å². The Kier molecular flexibility index (Phi) is 25.3. The van der Waals surface area contributed by atoms with Gasteiger partial charge >= 0.3 is 0 Å². The molecule has 2 aromatic rings. The van der Waals surface area contributed by atoms with Crippen molar-refractivity contribution < 1.29 is 0 Å². The fraction of sp³-hybridized carbons (Fsp3) is 0.300. The third kappa shape index (κ3) is 15.7. The fourth-order valence-electron chi connectivity index (χ4n) is 2.35. The van der Waals surface area contributed by atoms with Crippen molar-refractivity contribution in [3.8, 4) is 0 Å². The highest BCUT2D eigenvalue weighted by Gasteiger charge is 1.98.